The van der Waals surface area contributed by atoms with Crippen molar-refractivity contribution in [3.8, 4) is 0 Å². The van der Waals surface area contributed by atoms with Crippen LogP contribution >= 0.6 is 11.6 Å². The molecule has 1 saturated carbocycles. The van der Waals surface area contributed by atoms with Crippen molar-refractivity contribution in [3.05, 3.63) is 0 Å². The van der Waals surface area contributed by atoms with Gasteiger partial charge in [-0.3, -0.25) is 9.59 Å². The Bertz CT molecular complexity index is 262. The Kier molecular flexibility index (Phi) is 3.97. The maximum atomic E-state index is 11.2. The van der Waals surface area contributed by atoms with E-state index in [9.17, 15) is 9.59 Å². The lowest BCUT2D eigenvalue weighted by Gasteiger charge is -2.35. The number of rotatable bonds is 4. The van der Waals surface area contributed by atoms with Crippen molar-refractivity contribution in [2.75, 3.05) is 5.88 Å². The lowest BCUT2D eigenvalue weighted by Crippen LogP contribution is -2.39. The quantitative estimate of drug-likeness (QED) is 0.730. The number of alkyl halides is 1. The van der Waals surface area contributed by atoms with Crippen LogP contribution in [0, 0.1) is 11.3 Å². The van der Waals surface area contributed by atoms with Gasteiger partial charge in [0.25, 0.3) is 0 Å². The van der Waals surface area contributed by atoms with Crippen LogP contribution in [0.25, 0.3) is 0 Å². The van der Waals surface area contributed by atoms with Crippen molar-refractivity contribution in [2.24, 2.45) is 11.3 Å². The third kappa shape index (κ3) is 2.62. The van der Waals surface area contributed by atoms with Gasteiger partial charge in [-0.1, -0.05) is 6.42 Å². The van der Waals surface area contributed by atoms with Gasteiger partial charge in [0.05, 0.1) is 11.3 Å². The summed E-state index contributed by atoms with van der Waals surface area (Å²) in [6.07, 6.45) is 2.34. The van der Waals surface area contributed by atoms with E-state index in [0.717, 1.165) is 0 Å². The Labute approximate surface area is 93.2 Å². The molecule has 5 heteroatoms. The summed E-state index contributed by atoms with van der Waals surface area (Å²) in [6.45, 7) is 0. The molecule has 0 aromatic heterocycles. The van der Waals surface area contributed by atoms with E-state index in [-0.39, 0.29) is 12.3 Å². The van der Waals surface area contributed by atoms with Crippen molar-refractivity contribution in [1.82, 2.24) is 0 Å². The van der Waals surface area contributed by atoms with E-state index in [1.165, 1.54) is 0 Å². The van der Waals surface area contributed by atoms with Gasteiger partial charge in [-0.15, -0.1) is 11.6 Å². The summed E-state index contributed by atoms with van der Waals surface area (Å²) in [7, 11) is 0. The number of carboxylic acid groups (broad SMARTS) is 2. The van der Waals surface area contributed by atoms with E-state index in [1.54, 1.807) is 0 Å². The van der Waals surface area contributed by atoms with E-state index in [0.29, 0.717) is 25.7 Å². The van der Waals surface area contributed by atoms with Gasteiger partial charge in [-0.25, -0.2) is 0 Å². The average Bonchev–Trinajstić information content (AvgIpc) is 2.18. The lowest BCUT2D eigenvalue weighted by molar-refractivity contribution is -0.155. The molecule has 2 atom stereocenters. The Morgan fingerprint density at radius 1 is 1.40 bits per heavy atom. The number of halogens is 1. The maximum Gasteiger partial charge on any atom is 0.309 e. The molecule has 0 aromatic carbocycles. The molecule has 2 N–H and O–H groups in total. The summed E-state index contributed by atoms with van der Waals surface area (Å²) < 4.78 is 0. The number of carboxylic acids is 2. The van der Waals surface area contributed by atoms with E-state index < -0.39 is 23.3 Å². The molecule has 0 aliphatic heterocycles. The zero-order chi connectivity index (χ0) is 11.5. The van der Waals surface area contributed by atoms with Gasteiger partial charge >= 0.3 is 11.9 Å². The molecule has 1 aliphatic rings. The predicted molar refractivity (Wildman–Crippen MR) is 55.0 cm³/mol. The predicted octanol–water partition coefficient (Wildman–Crippen LogP) is 1.96. The highest BCUT2D eigenvalue weighted by Crippen LogP contribution is 2.42. The number of hydrogen-bond donors (Lipinski definition) is 2. The molecule has 4 nitrogen and oxygen atoms in total. The Hall–Kier alpha value is -0.770. The normalized spacial score (nSPS) is 31.1. The topological polar surface area (TPSA) is 74.6 Å². The van der Waals surface area contributed by atoms with Gasteiger partial charge in [-0.05, 0) is 25.7 Å². The summed E-state index contributed by atoms with van der Waals surface area (Å²) >= 11 is 5.58. The van der Waals surface area contributed by atoms with Crippen LogP contribution in [0.1, 0.15) is 32.1 Å². The highest BCUT2D eigenvalue weighted by Gasteiger charge is 2.44. The molecule has 0 amide bonds. The van der Waals surface area contributed by atoms with Crippen LogP contribution in [-0.4, -0.2) is 28.0 Å². The third-order valence-corrected chi connectivity index (χ3v) is 3.41. The molecule has 0 spiro atoms. The largest absolute Gasteiger partial charge is 0.481 e. The molecule has 0 saturated heterocycles. The molecule has 2 unspecified atom stereocenters. The van der Waals surface area contributed by atoms with Gasteiger partial charge in [0, 0.05) is 5.88 Å². The molecule has 0 radical (unpaired) electrons. The minimum absolute atomic E-state index is 0.213. The fourth-order valence-corrected chi connectivity index (χ4v) is 2.64. The van der Waals surface area contributed by atoms with Gasteiger partial charge < -0.3 is 10.2 Å². The van der Waals surface area contributed by atoms with Crippen LogP contribution in [0.15, 0.2) is 0 Å². The second-order valence-electron chi connectivity index (χ2n) is 4.16. The van der Waals surface area contributed by atoms with Crippen molar-refractivity contribution >= 4 is 23.5 Å². The third-order valence-electron chi connectivity index (χ3n) is 3.22. The molecule has 0 aromatic rings. The first-order valence-corrected chi connectivity index (χ1v) is 5.57. The molecule has 0 heterocycles. The molecule has 1 aliphatic carbocycles. The summed E-state index contributed by atoms with van der Waals surface area (Å²) in [4.78, 5) is 22.0. The highest BCUT2D eigenvalue weighted by atomic mass is 35.5. The highest BCUT2D eigenvalue weighted by molar-refractivity contribution is 6.18. The Morgan fingerprint density at radius 2 is 2.07 bits per heavy atom. The maximum absolute atomic E-state index is 11.2. The van der Waals surface area contributed by atoms with E-state index >= 15 is 0 Å². The van der Waals surface area contributed by atoms with E-state index in [1.807, 2.05) is 0 Å². The van der Waals surface area contributed by atoms with Gasteiger partial charge in [0.1, 0.15) is 0 Å². The number of aliphatic carboxylic acids is 2. The van der Waals surface area contributed by atoms with Crippen molar-refractivity contribution in [2.45, 2.75) is 32.1 Å². The number of hydrogen-bond acceptors (Lipinski definition) is 2. The van der Waals surface area contributed by atoms with Crippen molar-refractivity contribution in [3.63, 3.8) is 0 Å². The summed E-state index contributed by atoms with van der Waals surface area (Å²) in [5.74, 6) is -2.07. The second kappa shape index (κ2) is 4.84. The Balaban J connectivity index is 2.79. The molecular formula is C10H15ClO4. The average molecular weight is 235 g/mol. The minimum Gasteiger partial charge on any atom is -0.481 e. The molecule has 86 valence electrons. The molecule has 1 rings (SSSR count). The van der Waals surface area contributed by atoms with Crippen molar-refractivity contribution in [1.29, 1.82) is 0 Å². The van der Waals surface area contributed by atoms with Gasteiger partial charge in [0.15, 0.2) is 0 Å². The van der Waals surface area contributed by atoms with Crippen LogP contribution in [0.2, 0.25) is 0 Å². The van der Waals surface area contributed by atoms with Crippen LogP contribution in [0.5, 0.6) is 0 Å². The molecule has 15 heavy (non-hydrogen) atoms. The molecule has 1 fully saturated rings. The Morgan fingerprint density at radius 3 is 2.53 bits per heavy atom. The number of carbonyl (C=O) groups is 2. The monoisotopic (exact) mass is 234 g/mol. The van der Waals surface area contributed by atoms with Crippen LogP contribution in [0.4, 0.5) is 0 Å². The minimum atomic E-state index is -0.914. The first-order chi connectivity index (χ1) is 7.02. The summed E-state index contributed by atoms with van der Waals surface area (Å²) in [5, 5.41) is 18.1. The summed E-state index contributed by atoms with van der Waals surface area (Å²) in [5.41, 5.74) is -0.914. The fourth-order valence-electron chi connectivity index (χ4n) is 2.28. The van der Waals surface area contributed by atoms with Crippen LogP contribution < -0.4 is 0 Å². The van der Waals surface area contributed by atoms with Gasteiger partial charge in [-0.2, -0.15) is 0 Å². The van der Waals surface area contributed by atoms with Crippen LogP contribution in [-0.2, 0) is 9.59 Å². The molecule has 0 bridgehead atoms. The zero-order valence-corrected chi connectivity index (χ0v) is 9.16. The smallest absolute Gasteiger partial charge is 0.309 e. The van der Waals surface area contributed by atoms with Crippen LogP contribution in [0.3, 0.4) is 0 Å². The fraction of sp³-hybridized carbons (Fsp3) is 0.800. The zero-order valence-electron chi connectivity index (χ0n) is 8.41. The lowest BCUT2D eigenvalue weighted by atomic mass is 9.68. The van der Waals surface area contributed by atoms with Crippen molar-refractivity contribution < 1.29 is 19.8 Å². The standard InChI is InChI=1S/C10H15ClO4/c11-5-4-10(9(14)15)3-1-2-7(6-10)8(12)13/h7H,1-6H2,(H,12,13)(H,14,15). The SMILES string of the molecule is O=C(O)C1CCCC(CCCl)(C(=O)O)C1. The first kappa shape index (κ1) is 12.3. The molecular weight excluding hydrogens is 220 g/mol. The second-order valence-corrected chi connectivity index (χ2v) is 4.53. The summed E-state index contributed by atoms with van der Waals surface area (Å²) in [6, 6.07) is 0. The van der Waals surface area contributed by atoms with E-state index in [2.05, 4.69) is 0 Å². The van der Waals surface area contributed by atoms with E-state index in [4.69, 9.17) is 21.8 Å². The van der Waals surface area contributed by atoms with Gasteiger partial charge in [0.2, 0.25) is 0 Å². The first-order valence-electron chi connectivity index (χ1n) is 5.04.